The van der Waals surface area contributed by atoms with Crippen molar-refractivity contribution in [2.45, 2.75) is 31.7 Å². The lowest BCUT2D eigenvalue weighted by molar-refractivity contribution is -0.150. The van der Waals surface area contributed by atoms with E-state index in [0.717, 1.165) is 12.8 Å². The molecule has 0 aliphatic carbocycles. The predicted octanol–water partition coefficient (Wildman–Crippen LogP) is 1.48. The Balaban J connectivity index is 3.43. The topological polar surface area (TPSA) is 43.4 Å². The number of alkyl halides is 1. The number of aldehydes is 1. The van der Waals surface area contributed by atoms with Crippen molar-refractivity contribution >= 4 is 23.9 Å². The molecule has 0 aromatic rings. The first kappa shape index (κ1) is 10.4. The molecule has 0 N–H and O–H groups in total. The zero-order chi connectivity index (χ0) is 8.69. The van der Waals surface area contributed by atoms with E-state index in [-0.39, 0.29) is 6.29 Å². The summed E-state index contributed by atoms with van der Waals surface area (Å²) in [5.74, 6) is -0.902. The fraction of sp³-hybridized carbons (Fsp3) is 0.714. The summed E-state index contributed by atoms with van der Waals surface area (Å²) in [6, 6.07) is 0. The zero-order valence-electron chi connectivity index (χ0n) is 6.38. The monoisotopic (exact) mass is 178 g/mol. The van der Waals surface area contributed by atoms with Gasteiger partial charge in [0.05, 0.1) is 0 Å². The Labute approximate surface area is 70.7 Å². The summed E-state index contributed by atoms with van der Waals surface area (Å²) in [6.45, 7) is 2.01. The van der Waals surface area contributed by atoms with Crippen LogP contribution in [0, 0.1) is 0 Å². The summed E-state index contributed by atoms with van der Waals surface area (Å²) in [6.07, 6.45) is 2.58. The van der Waals surface area contributed by atoms with Crippen molar-refractivity contribution in [3.05, 3.63) is 0 Å². The van der Waals surface area contributed by atoms with E-state index < -0.39 is 11.5 Å². The van der Waals surface area contributed by atoms with Crippen LogP contribution in [0.3, 0.4) is 0 Å². The molecule has 64 valence electrons. The maximum Gasteiger partial charge on any atom is 0.372 e. The van der Waals surface area contributed by atoms with Crippen LogP contribution in [0.2, 0.25) is 0 Å². The Morgan fingerprint density at radius 1 is 1.73 bits per heavy atom. The lowest BCUT2D eigenvalue weighted by Gasteiger charge is -2.06. The van der Waals surface area contributed by atoms with Crippen molar-refractivity contribution < 1.29 is 14.3 Å². The predicted molar refractivity (Wildman–Crippen MR) is 41.3 cm³/mol. The van der Waals surface area contributed by atoms with Crippen LogP contribution in [-0.2, 0) is 14.3 Å². The van der Waals surface area contributed by atoms with Gasteiger partial charge in [-0.3, -0.25) is 4.79 Å². The standard InChI is InChI=1S/C7H11ClO3/c1-2-3-4-6(8)11-7(10)5-9/h5-6H,2-4H2,1H3. The van der Waals surface area contributed by atoms with Crippen molar-refractivity contribution in [2.24, 2.45) is 0 Å². The van der Waals surface area contributed by atoms with Gasteiger partial charge in [-0.2, -0.15) is 0 Å². The summed E-state index contributed by atoms with van der Waals surface area (Å²) < 4.78 is 4.46. The molecule has 11 heavy (non-hydrogen) atoms. The largest absolute Gasteiger partial charge is 0.440 e. The van der Waals surface area contributed by atoms with Crippen LogP contribution in [0.5, 0.6) is 0 Å². The number of esters is 1. The molecular weight excluding hydrogens is 168 g/mol. The van der Waals surface area contributed by atoms with Gasteiger partial charge in [0.25, 0.3) is 0 Å². The quantitative estimate of drug-likeness (QED) is 0.277. The summed E-state index contributed by atoms with van der Waals surface area (Å²) in [4.78, 5) is 20.1. The van der Waals surface area contributed by atoms with Gasteiger partial charge in [0.15, 0.2) is 5.56 Å². The molecule has 4 heteroatoms. The van der Waals surface area contributed by atoms with Crippen molar-refractivity contribution in [1.82, 2.24) is 0 Å². The highest BCUT2D eigenvalue weighted by Gasteiger charge is 2.08. The van der Waals surface area contributed by atoms with Crippen molar-refractivity contribution in [2.75, 3.05) is 0 Å². The van der Waals surface area contributed by atoms with Gasteiger partial charge < -0.3 is 4.74 Å². The fourth-order valence-corrected chi connectivity index (χ4v) is 0.819. The maximum atomic E-state index is 10.3. The summed E-state index contributed by atoms with van der Waals surface area (Å²) in [5.41, 5.74) is -0.660. The molecule has 0 aliphatic rings. The van der Waals surface area contributed by atoms with E-state index in [0.29, 0.717) is 6.42 Å². The highest BCUT2D eigenvalue weighted by Crippen LogP contribution is 2.08. The minimum Gasteiger partial charge on any atom is -0.440 e. The van der Waals surface area contributed by atoms with E-state index >= 15 is 0 Å². The summed E-state index contributed by atoms with van der Waals surface area (Å²) in [5, 5.41) is 0. The molecule has 0 amide bonds. The molecule has 0 aromatic heterocycles. The first-order valence-electron chi connectivity index (χ1n) is 3.50. The number of carbonyl (C=O) groups excluding carboxylic acids is 2. The Kier molecular flexibility index (Phi) is 5.84. The number of rotatable bonds is 5. The van der Waals surface area contributed by atoms with Gasteiger partial charge in [-0.1, -0.05) is 24.9 Å². The van der Waals surface area contributed by atoms with E-state index in [2.05, 4.69) is 4.74 Å². The van der Waals surface area contributed by atoms with Gasteiger partial charge >= 0.3 is 5.97 Å². The second-order valence-corrected chi connectivity index (χ2v) is 2.59. The van der Waals surface area contributed by atoms with E-state index in [1.165, 1.54) is 0 Å². The molecule has 0 bridgehead atoms. The minimum absolute atomic E-state index is 0.112. The lowest BCUT2D eigenvalue weighted by atomic mass is 10.3. The van der Waals surface area contributed by atoms with E-state index in [9.17, 15) is 9.59 Å². The number of unbranched alkanes of at least 4 members (excludes halogenated alkanes) is 1. The molecule has 0 saturated carbocycles. The minimum atomic E-state index is -0.902. The smallest absolute Gasteiger partial charge is 0.372 e. The molecule has 0 heterocycles. The van der Waals surface area contributed by atoms with Crippen LogP contribution in [0.1, 0.15) is 26.2 Å². The number of halogens is 1. The van der Waals surface area contributed by atoms with Crippen molar-refractivity contribution in [3.63, 3.8) is 0 Å². The third kappa shape index (κ3) is 5.85. The normalized spacial score (nSPS) is 12.2. The van der Waals surface area contributed by atoms with E-state index in [1.807, 2.05) is 6.92 Å². The second kappa shape index (κ2) is 6.16. The average Bonchev–Trinajstić information content (AvgIpc) is 2.00. The van der Waals surface area contributed by atoms with Gasteiger partial charge in [0.1, 0.15) is 0 Å². The molecule has 0 radical (unpaired) electrons. The van der Waals surface area contributed by atoms with E-state index in [1.54, 1.807) is 0 Å². The summed E-state index contributed by atoms with van der Waals surface area (Å²) >= 11 is 5.53. The molecule has 1 unspecified atom stereocenters. The van der Waals surface area contributed by atoms with E-state index in [4.69, 9.17) is 11.6 Å². The Morgan fingerprint density at radius 3 is 2.82 bits per heavy atom. The molecule has 3 nitrogen and oxygen atoms in total. The third-order valence-corrected chi connectivity index (χ3v) is 1.43. The molecule has 0 saturated heterocycles. The number of hydrogen-bond acceptors (Lipinski definition) is 3. The molecule has 0 aliphatic heterocycles. The number of ether oxygens (including phenoxy) is 1. The third-order valence-electron chi connectivity index (χ3n) is 1.12. The van der Waals surface area contributed by atoms with Crippen LogP contribution in [0.25, 0.3) is 0 Å². The Morgan fingerprint density at radius 2 is 2.36 bits per heavy atom. The second-order valence-electron chi connectivity index (χ2n) is 2.11. The SMILES string of the molecule is CCCCC(Cl)OC(=O)C=O. The fourth-order valence-electron chi connectivity index (χ4n) is 0.577. The molecule has 0 spiro atoms. The maximum absolute atomic E-state index is 10.3. The van der Waals surface area contributed by atoms with Gasteiger partial charge in [-0.25, -0.2) is 4.79 Å². The molecule has 0 aromatic carbocycles. The van der Waals surface area contributed by atoms with Crippen molar-refractivity contribution in [3.8, 4) is 0 Å². The highest BCUT2D eigenvalue weighted by molar-refractivity contribution is 6.24. The van der Waals surface area contributed by atoms with Crippen LogP contribution in [-0.4, -0.2) is 17.8 Å². The van der Waals surface area contributed by atoms with Gasteiger partial charge in [0.2, 0.25) is 6.29 Å². The average molecular weight is 179 g/mol. The van der Waals surface area contributed by atoms with Crippen molar-refractivity contribution in [1.29, 1.82) is 0 Å². The van der Waals surface area contributed by atoms with Crippen LogP contribution >= 0.6 is 11.6 Å². The van der Waals surface area contributed by atoms with Crippen LogP contribution in [0.4, 0.5) is 0 Å². The lowest BCUT2D eigenvalue weighted by Crippen LogP contribution is -2.13. The Bertz CT molecular complexity index is 136. The zero-order valence-corrected chi connectivity index (χ0v) is 7.13. The van der Waals surface area contributed by atoms with Gasteiger partial charge in [-0.15, -0.1) is 0 Å². The first-order chi connectivity index (χ1) is 5.20. The molecule has 0 rings (SSSR count). The highest BCUT2D eigenvalue weighted by atomic mass is 35.5. The number of hydrogen-bond donors (Lipinski definition) is 0. The molecular formula is C7H11ClO3. The van der Waals surface area contributed by atoms with Crippen LogP contribution in [0.15, 0.2) is 0 Å². The number of carbonyl (C=O) groups is 2. The van der Waals surface area contributed by atoms with Gasteiger partial charge in [0, 0.05) is 0 Å². The molecule has 1 atom stereocenters. The summed E-state index contributed by atoms with van der Waals surface area (Å²) in [7, 11) is 0. The first-order valence-corrected chi connectivity index (χ1v) is 3.94. The molecule has 0 fully saturated rings. The van der Waals surface area contributed by atoms with Gasteiger partial charge in [-0.05, 0) is 12.8 Å². The Hall–Kier alpha value is -0.570. The van der Waals surface area contributed by atoms with Crippen LogP contribution < -0.4 is 0 Å².